The summed E-state index contributed by atoms with van der Waals surface area (Å²) >= 11 is 64.7. The van der Waals surface area contributed by atoms with Crippen LogP contribution >= 0.6 is 116 Å². The molecule has 0 aliphatic heterocycles. The molecule has 0 aromatic heterocycles. The van der Waals surface area contributed by atoms with E-state index >= 15 is 0 Å². The van der Waals surface area contributed by atoms with Gasteiger partial charge in [-0.3, -0.25) is 0 Å². The molecule has 4 aromatic carbocycles. The second-order valence-electron chi connectivity index (χ2n) is 7.96. The van der Waals surface area contributed by atoms with Crippen LogP contribution in [0.2, 0.25) is 30.1 Å². The minimum absolute atomic E-state index is 0.128. The standard InChI is InChI=1S/C26H12Cl10O2S/c27-17-15(25(33)34)13(11-7-3-1-4-8-11)19(29)23(21(17)31)39(37,38)24-20(30)14(12-9-5-2-6-10-12)16(26(35)36)18(28)22(24)32/h1-10,25-26H. The van der Waals surface area contributed by atoms with Crippen molar-refractivity contribution in [3.8, 4) is 22.3 Å². The second-order valence-corrected chi connectivity index (χ2v) is 14.2. The molecule has 2 nitrogen and oxygen atoms in total. The van der Waals surface area contributed by atoms with Crippen molar-refractivity contribution in [1.29, 1.82) is 0 Å². The van der Waals surface area contributed by atoms with Crippen LogP contribution in [0, 0.1) is 0 Å². The lowest BCUT2D eigenvalue weighted by atomic mass is 10.00. The van der Waals surface area contributed by atoms with Gasteiger partial charge in [-0.25, -0.2) is 8.42 Å². The van der Waals surface area contributed by atoms with Gasteiger partial charge in [-0.2, -0.15) is 0 Å². The molecule has 204 valence electrons. The summed E-state index contributed by atoms with van der Waals surface area (Å²) in [6, 6.07) is 17.1. The molecule has 0 heterocycles. The largest absolute Gasteiger partial charge is 0.218 e. The first-order valence-corrected chi connectivity index (χ1v) is 16.1. The molecule has 0 aliphatic carbocycles. The van der Waals surface area contributed by atoms with Crippen molar-refractivity contribution in [2.45, 2.75) is 19.5 Å². The lowest BCUT2D eigenvalue weighted by molar-refractivity contribution is 0.596. The van der Waals surface area contributed by atoms with Crippen LogP contribution in [0.15, 0.2) is 70.5 Å². The molecular weight excluding hydrogens is 731 g/mol. The molecule has 0 bridgehead atoms. The van der Waals surface area contributed by atoms with E-state index in [9.17, 15) is 8.42 Å². The van der Waals surface area contributed by atoms with Gasteiger partial charge in [0.1, 0.15) is 19.5 Å². The number of alkyl halides is 4. The molecule has 0 saturated carbocycles. The van der Waals surface area contributed by atoms with E-state index in [1.54, 1.807) is 60.7 Å². The number of halogens is 10. The summed E-state index contributed by atoms with van der Waals surface area (Å²) in [5, 5.41) is -1.87. The van der Waals surface area contributed by atoms with Crippen LogP contribution in [0.1, 0.15) is 20.8 Å². The van der Waals surface area contributed by atoms with Crippen LogP contribution in [0.25, 0.3) is 22.3 Å². The lowest BCUT2D eigenvalue weighted by Crippen LogP contribution is -2.10. The van der Waals surface area contributed by atoms with Crippen LogP contribution < -0.4 is 0 Å². The van der Waals surface area contributed by atoms with Crippen molar-refractivity contribution in [3.05, 3.63) is 102 Å². The first kappa shape index (κ1) is 31.7. The zero-order valence-corrected chi connectivity index (χ0v) is 27.3. The molecule has 0 fully saturated rings. The lowest BCUT2D eigenvalue weighted by Gasteiger charge is -2.23. The smallest absolute Gasteiger partial charge is 0.212 e. The molecular formula is C26H12Cl10O2S. The maximum atomic E-state index is 14.4. The molecule has 0 aliphatic rings. The second kappa shape index (κ2) is 12.5. The Labute approximate surface area is 275 Å². The Kier molecular flexibility index (Phi) is 10.2. The van der Waals surface area contributed by atoms with Crippen molar-refractivity contribution >= 4 is 126 Å². The van der Waals surface area contributed by atoms with E-state index in [0.717, 1.165) is 0 Å². The van der Waals surface area contributed by atoms with Crippen LogP contribution in [0.3, 0.4) is 0 Å². The average Bonchev–Trinajstić information content (AvgIpc) is 2.88. The van der Waals surface area contributed by atoms with Crippen molar-refractivity contribution in [1.82, 2.24) is 0 Å². The highest BCUT2D eigenvalue weighted by Gasteiger charge is 2.38. The van der Waals surface area contributed by atoms with Gasteiger partial charge < -0.3 is 0 Å². The van der Waals surface area contributed by atoms with Crippen molar-refractivity contribution in [2.24, 2.45) is 0 Å². The quantitative estimate of drug-likeness (QED) is 0.146. The highest BCUT2D eigenvalue weighted by molar-refractivity contribution is 7.92. The number of rotatable bonds is 6. The minimum Gasteiger partial charge on any atom is -0.218 e. The van der Waals surface area contributed by atoms with Gasteiger partial charge in [-0.05, 0) is 11.1 Å². The monoisotopic (exact) mass is 738 g/mol. The Morgan fingerprint density at radius 2 is 0.769 bits per heavy atom. The van der Waals surface area contributed by atoms with E-state index in [1.165, 1.54) is 0 Å². The van der Waals surface area contributed by atoms with Gasteiger partial charge in [0.05, 0.1) is 30.1 Å². The van der Waals surface area contributed by atoms with Crippen molar-refractivity contribution < 1.29 is 8.42 Å². The van der Waals surface area contributed by atoms with Gasteiger partial charge in [-0.1, -0.05) is 177 Å². The number of benzene rings is 4. The van der Waals surface area contributed by atoms with Crippen molar-refractivity contribution in [2.75, 3.05) is 0 Å². The Bertz CT molecular complexity index is 1550. The molecule has 0 amide bonds. The number of sulfone groups is 1. The number of hydrogen-bond acceptors (Lipinski definition) is 2. The van der Waals surface area contributed by atoms with Gasteiger partial charge in [0.25, 0.3) is 0 Å². The van der Waals surface area contributed by atoms with Crippen LogP contribution in [-0.4, -0.2) is 8.42 Å². The molecule has 13 heteroatoms. The highest BCUT2D eigenvalue weighted by atomic mass is 35.5. The van der Waals surface area contributed by atoms with Gasteiger partial charge in [0.2, 0.25) is 9.84 Å². The third-order valence-corrected chi connectivity index (χ3v) is 11.4. The average molecular weight is 743 g/mol. The molecule has 0 unspecified atom stereocenters. The number of hydrogen-bond donors (Lipinski definition) is 0. The fourth-order valence-corrected chi connectivity index (χ4v) is 9.75. The van der Waals surface area contributed by atoms with E-state index in [-0.39, 0.29) is 42.3 Å². The molecule has 0 saturated heterocycles. The van der Waals surface area contributed by atoms with E-state index in [2.05, 4.69) is 0 Å². The topological polar surface area (TPSA) is 34.1 Å². The third kappa shape index (κ3) is 5.72. The maximum Gasteiger partial charge on any atom is 0.212 e. The van der Waals surface area contributed by atoms with Gasteiger partial charge in [0.15, 0.2) is 0 Å². The predicted octanol–water partition coefficient (Wildman–Crippen LogP) is 12.7. The fourth-order valence-electron chi connectivity index (χ4n) is 4.07. The summed E-state index contributed by atoms with van der Waals surface area (Å²) in [6.45, 7) is 0. The van der Waals surface area contributed by atoms with Gasteiger partial charge >= 0.3 is 0 Å². The first-order chi connectivity index (χ1) is 18.3. The van der Waals surface area contributed by atoms with E-state index < -0.39 is 39.3 Å². The molecule has 39 heavy (non-hydrogen) atoms. The Morgan fingerprint density at radius 1 is 0.462 bits per heavy atom. The highest BCUT2D eigenvalue weighted by Crippen LogP contribution is 2.55. The Hall–Kier alpha value is -0.270. The van der Waals surface area contributed by atoms with Crippen molar-refractivity contribution in [3.63, 3.8) is 0 Å². The summed E-state index contributed by atoms with van der Waals surface area (Å²) < 4.78 is 28.7. The van der Waals surface area contributed by atoms with Crippen LogP contribution in [0.4, 0.5) is 0 Å². The zero-order valence-electron chi connectivity index (χ0n) is 18.9. The zero-order chi connectivity index (χ0) is 28.8. The predicted molar refractivity (Wildman–Crippen MR) is 168 cm³/mol. The third-order valence-electron chi connectivity index (χ3n) is 5.73. The molecule has 0 spiro atoms. The fraction of sp³-hybridized carbons (Fsp3) is 0.0769. The van der Waals surface area contributed by atoms with E-state index in [4.69, 9.17) is 116 Å². The van der Waals surface area contributed by atoms with Crippen LogP contribution in [0.5, 0.6) is 0 Å². The molecule has 0 radical (unpaired) electrons. The van der Waals surface area contributed by atoms with E-state index in [0.29, 0.717) is 11.1 Å². The van der Waals surface area contributed by atoms with E-state index in [1.807, 2.05) is 0 Å². The molecule has 0 atom stereocenters. The SMILES string of the molecule is O=S(=O)(c1c(Cl)c(Cl)c(C(Cl)Cl)c(-c2ccccc2)c1Cl)c1c(Cl)c(Cl)c(C(Cl)Cl)c(-c2ccccc2)c1Cl. The normalized spacial score (nSPS) is 12.0. The van der Waals surface area contributed by atoms with Gasteiger partial charge in [0, 0.05) is 22.3 Å². The summed E-state index contributed by atoms with van der Waals surface area (Å²) in [6.07, 6.45) is 0. The summed E-state index contributed by atoms with van der Waals surface area (Å²) in [5.74, 6) is 0. The van der Waals surface area contributed by atoms with Gasteiger partial charge in [-0.15, -0.1) is 0 Å². The maximum absolute atomic E-state index is 14.4. The summed E-state index contributed by atoms with van der Waals surface area (Å²) in [5.41, 5.74) is 1.56. The molecule has 0 N–H and O–H groups in total. The summed E-state index contributed by atoms with van der Waals surface area (Å²) in [7, 11) is -4.72. The Morgan fingerprint density at radius 3 is 1.05 bits per heavy atom. The van der Waals surface area contributed by atoms with Crippen LogP contribution in [-0.2, 0) is 9.84 Å². The Balaban J connectivity index is 2.16. The minimum atomic E-state index is -4.72. The molecule has 4 aromatic rings. The molecule has 4 rings (SSSR count). The first-order valence-electron chi connectivity index (χ1n) is 10.6. The summed E-state index contributed by atoms with van der Waals surface area (Å²) in [4.78, 5) is -3.52.